The molecule has 0 unspecified atom stereocenters. The highest BCUT2D eigenvalue weighted by Crippen LogP contribution is 2.34. The van der Waals surface area contributed by atoms with Gasteiger partial charge in [-0.25, -0.2) is 9.78 Å². The SMILES string of the molecule is CCNC(=O)NC(=O)[C@@H](Sc1nc(Cc2ccccc2)c(C)[nH]1)c1ccccc1. The fourth-order valence-corrected chi connectivity index (χ4v) is 3.94. The van der Waals surface area contributed by atoms with E-state index in [1.165, 1.54) is 17.3 Å². The Kier molecular flexibility index (Phi) is 7.08. The van der Waals surface area contributed by atoms with Gasteiger partial charge in [0.25, 0.3) is 0 Å². The maximum Gasteiger partial charge on any atom is 0.321 e. The van der Waals surface area contributed by atoms with Crippen LogP contribution >= 0.6 is 11.8 Å². The highest BCUT2D eigenvalue weighted by molar-refractivity contribution is 8.00. The smallest absolute Gasteiger partial charge is 0.321 e. The second-order valence-corrected chi connectivity index (χ2v) is 7.63. The van der Waals surface area contributed by atoms with Gasteiger partial charge < -0.3 is 10.3 Å². The average molecular weight is 409 g/mol. The van der Waals surface area contributed by atoms with E-state index in [4.69, 9.17) is 4.98 Å². The van der Waals surface area contributed by atoms with E-state index < -0.39 is 11.3 Å². The summed E-state index contributed by atoms with van der Waals surface area (Å²) >= 11 is 1.30. The molecular formula is C22H24N4O2S. The minimum Gasteiger partial charge on any atom is -0.338 e. The first kappa shape index (κ1) is 20.7. The number of nitrogens with one attached hydrogen (secondary N) is 3. The molecule has 150 valence electrons. The van der Waals surface area contributed by atoms with Gasteiger partial charge in [-0.2, -0.15) is 0 Å². The van der Waals surface area contributed by atoms with E-state index in [9.17, 15) is 9.59 Å². The van der Waals surface area contributed by atoms with Gasteiger partial charge in [0.15, 0.2) is 5.16 Å². The summed E-state index contributed by atoms with van der Waals surface area (Å²) in [6, 6.07) is 19.0. The molecule has 1 aromatic heterocycles. The van der Waals surface area contributed by atoms with Crippen molar-refractivity contribution in [3.05, 3.63) is 83.2 Å². The molecule has 3 amide bonds. The van der Waals surface area contributed by atoms with E-state index in [2.05, 4.69) is 27.8 Å². The molecule has 0 aliphatic rings. The Morgan fingerprint density at radius 2 is 1.72 bits per heavy atom. The maximum absolute atomic E-state index is 12.8. The minimum atomic E-state index is -0.603. The number of hydrogen-bond acceptors (Lipinski definition) is 4. The highest BCUT2D eigenvalue weighted by atomic mass is 32.2. The molecule has 0 aliphatic heterocycles. The molecule has 0 bridgehead atoms. The van der Waals surface area contributed by atoms with E-state index in [-0.39, 0.29) is 5.91 Å². The molecule has 1 atom stereocenters. The lowest BCUT2D eigenvalue weighted by Crippen LogP contribution is -2.41. The zero-order chi connectivity index (χ0) is 20.6. The lowest BCUT2D eigenvalue weighted by Gasteiger charge is -2.15. The lowest BCUT2D eigenvalue weighted by atomic mass is 10.1. The summed E-state index contributed by atoms with van der Waals surface area (Å²) < 4.78 is 0. The third-order valence-corrected chi connectivity index (χ3v) is 5.46. The molecule has 0 aliphatic carbocycles. The van der Waals surface area contributed by atoms with Crippen LogP contribution in [0.3, 0.4) is 0 Å². The number of urea groups is 1. The number of aryl methyl sites for hydroxylation is 1. The Balaban J connectivity index is 1.80. The van der Waals surface area contributed by atoms with Crippen molar-refractivity contribution in [1.82, 2.24) is 20.6 Å². The van der Waals surface area contributed by atoms with Crippen molar-refractivity contribution in [2.24, 2.45) is 0 Å². The number of imide groups is 1. The molecule has 0 saturated heterocycles. The summed E-state index contributed by atoms with van der Waals surface area (Å²) in [5, 5.41) is 5.04. The van der Waals surface area contributed by atoms with Gasteiger partial charge in [0, 0.05) is 18.7 Å². The normalized spacial score (nSPS) is 11.7. The van der Waals surface area contributed by atoms with Crippen molar-refractivity contribution in [3.8, 4) is 0 Å². The number of H-pyrrole nitrogens is 1. The van der Waals surface area contributed by atoms with Crippen LogP contribution in [0.5, 0.6) is 0 Å². The Hall–Kier alpha value is -3.06. The van der Waals surface area contributed by atoms with Crippen LogP contribution in [-0.4, -0.2) is 28.5 Å². The predicted molar refractivity (Wildman–Crippen MR) is 115 cm³/mol. The van der Waals surface area contributed by atoms with E-state index in [1.54, 1.807) is 6.92 Å². The molecule has 29 heavy (non-hydrogen) atoms. The van der Waals surface area contributed by atoms with Crippen LogP contribution in [0, 0.1) is 6.92 Å². The first-order valence-electron chi connectivity index (χ1n) is 9.46. The number of imidazole rings is 1. The number of thioether (sulfide) groups is 1. The van der Waals surface area contributed by atoms with Crippen LogP contribution in [0.1, 0.15) is 34.7 Å². The third-order valence-electron chi connectivity index (χ3n) is 4.32. The summed E-state index contributed by atoms with van der Waals surface area (Å²) in [4.78, 5) is 32.6. The highest BCUT2D eigenvalue weighted by Gasteiger charge is 2.25. The lowest BCUT2D eigenvalue weighted by molar-refractivity contribution is -0.119. The summed E-state index contributed by atoms with van der Waals surface area (Å²) in [5.74, 6) is -0.384. The van der Waals surface area contributed by atoms with E-state index in [0.29, 0.717) is 18.1 Å². The fraction of sp³-hybridized carbons (Fsp3) is 0.227. The first-order chi connectivity index (χ1) is 14.1. The van der Waals surface area contributed by atoms with E-state index in [0.717, 1.165) is 17.0 Å². The van der Waals surface area contributed by atoms with Crippen molar-refractivity contribution >= 4 is 23.7 Å². The van der Waals surface area contributed by atoms with Crippen molar-refractivity contribution in [3.63, 3.8) is 0 Å². The predicted octanol–water partition coefficient (Wildman–Crippen LogP) is 3.99. The van der Waals surface area contributed by atoms with Crippen molar-refractivity contribution < 1.29 is 9.59 Å². The minimum absolute atomic E-state index is 0.384. The van der Waals surface area contributed by atoms with Gasteiger partial charge in [0.2, 0.25) is 5.91 Å². The van der Waals surface area contributed by atoms with Crippen LogP contribution in [0.2, 0.25) is 0 Å². The zero-order valence-corrected chi connectivity index (χ0v) is 17.3. The third kappa shape index (κ3) is 5.71. The quantitative estimate of drug-likeness (QED) is 0.516. The van der Waals surface area contributed by atoms with Crippen LogP contribution in [0.4, 0.5) is 4.79 Å². The fourth-order valence-electron chi connectivity index (χ4n) is 2.88. The molecule has 0 fully saturated rings. The Morgan fingerprint density at radius 1 is 1.07 bits per heavy atom. The van der Waals surface area contributed by atoms with Gasteiger partial charge in [-0.15, -0.1) is 0 Å². The molecule has 3 aromatic rings. The van der Waals surface area contributed by atoms with Gasteiger partial charge in [-0.3, -0.25) is 10.1 Å². The van der Waals surface area contributed by atoms with Crippen LogP contribution in [0.15, 0.2) is 65.8 Å². The molecule has 2 aromatic carbocycles. The van der Waals surface area contributed by atoms with E-state index in [1.807, 2.05) is 55.5 Å². The van der Waals surface area contributed by atoms with Gasteiger partial charge in [-0.1, -0.05) is 72.4 Å². The number of carbonyl (C=O) groups excluding carboxylic acids is 2. The van der Waals surface area contributed by atoms with Gasteiger partial charge >= 0.3 is 6.03 Å². The standard InChI is InChI=1S/C22H24N4O2S/c1-3-23-21(28)26-20(27)19(17-12-8-5-9-13-17)29-22-24-15(2)18(25-22)14-16-10-6-4-7-11-16/h4-13,19H,3,14H2,1-2H3,(H,24,25)(H2,23,26,27,28)/t19-/m0/s1. The van der Waals surface area contributed by atoms with Crippen molar-refractivity contribution in [2.75, 3.05) is 6.54 Å². The molecule has 0 saturated carbocycles. The number of aromatic nitrogens is 2. The average Bonchev–Trinajstić information content (AvgIpc) is 3.06. The Bertz CT molecular complexity index is 957. The first-order valence-corrected chi connectivity index (χ1v) is 10.3. The summed E-state index contributed by atoms with van der Waals surface area (Å²) in [6.45, 7) is 4.22. The zero-order valence-electron chi connectivity index (χ0n) is 16.4. The van der Waals surface area contributed by atoms with Gasteiger partial charge in [0.05, 0.1) is 5.69 Å². The molecule has 0 spiro atoms. The number of amides is 3. The molecule has 1 heterocycles. The van der Waals surface area contributed by atoms with Crippen LogP contribution in [-0.2, 0) is 11.2 Å². The maximum atomic E-state index is 12.8. The van der Waals surface area contributed by atoms with Crippen molar-refractivity contribution in [1.29, 1.82) is 0 Å². The number of hydrogen-bond donors (Lipinski definition) is 3. The molecule has 0 radical (unpaired) electrons. The second kappa shape index (κ2) is 9.93. The molecule has 3 N–H and O–H groups in total. The second-order valence-electron chi connectivity index (χ2n) is 6.53. The van der Waals surface area contributed by atoms with Crippen LogP contribution < -0.4 is 10.6 Å². The Labute approximate surface area is 174 Å². The number of nitrogens with zero attached hydrogens (tertiary/aromatic N) is 1. The number of carbonyl (C=O) groups is 2. The molecule has 6 nitrogen and oxygen atoms in total. The van der Waals surface area contributed by atoms with Gasteiger partial charge in [0.1, 0.15) is 5.25 Å². The number of rotatable bonds is 7. The molecular weight excluding hydrogens is 384 g/mol. The molecule has 3 rings (SSSR count). The molecule has 7 heteroatoms. The summed E-state index contributed by atoms with van der Waals surface area (Å²) in [5.41, 5.74) is 3.88. The topological polar surface area (TPSA) is 86.9 Å². The largest absolute Gasteiger partial charge is 0.338 e. The summed E-state index contributed by atoms with van der Waals surface area (Å²) in [7, 11) is 0. The van der Waals surface area contributed by atoms with Gasteiger partial charge in [-0.05, 0) is 25.0 Å². The number of aromatic amines is 1. The summed E-state index contributed by atoms with van der Waals surface area (Å²) in [6.07, 6.45) is 0.713. The van der Waals surface area contributed by atoms with E-state index >= 15 is 0 Å². The number of benzene rings is 2. The van der Waals surface area contributed by atoms with Crippen molar-refractivity contribution in [2.45, 2.75) is 30.7 Å². The Morgan fingerprint density at radius 3 is 2.38 bits per heavy atom. The monoisotopic (exact) mass is 408 g/mol. The van der Waals surface area contributed by atoms with Crippen LogP contribution in [0.25, 0.3) is 0 Å².